The number of thioether (sulfide) groups is 1. The highest BCUT2D eigenvalue weighted by Crippen LogP contribution is 2.30. The Balaban J connectivity index is 1.53. The minimum Gasteiger partial charge on any atom is -0.332 e. The van der Waals surface area contributed by atoms with Crippen LogP contribution in [0, 0.1) is 0 Å². The van der Waals surface area contributed by atoms with E-state index >= 15 is 0 Å². The molecule has 9 heteroatoms. The predicted molar refractivity (Wildman–Crippen MR) is 124 cm³/mol. The summed E-state index contributed by atoms with van der Waals surface area (Å²) in [5, 5.41) is 9.07. The van der Waals surface area contributed by atoms with Gasteiger partial charge < -0.3 is 16.0 Å². The fraction of sp³-hybridized carbons (Fsp3) is 0.0909. The molecule has 3 aromatic rings. The zero-order chi connectivity index (χ0) is 22.3. The van der Waals surface area contributed by atoms with Gasteiger partial charge in [-0.1, -0.05) is 30.3 Å². The van der Waals surface area contributed by atoms with Crippen LogP contribution >= 0.6 is 24.0 Å². The first kappa shape index (κ1) is 22.6. The maximum absolute atomic E-state index is 12.8. The van der Waals surface area contributed by atoms with Crippen molar-refractivity contribution in [2.45, 2.75) is 11.1 Å². The van der Waals surface area contributed by atoms with Crippen LogP contribution < -0.4 is 16.0 Å². The van der Waals surface area contributed by atoms with E-state index in [4.69, 9.17) is 12.2 Å². The molecule has 0 bridgehead atoms. The van der Waals surface area contributed by atoms with E-state index in [1.54, 1.807) is 0 Å². The highest BCUT2D eigenvalue weighted by atomic mass is 32.2. The average molecular weight is 462 g/mol. The highest BCUT2D eigenvalue weighted by molar-refractivity contribution is 8.00. The average Bonchev–Trinajstić information content (AvgIpc) is 2.73. The number of thiocarbonyl (C=S) groups is 1. The van der Waals surface area contributed by atoms with Crippen molar-refractivity contribution < 1.29 is 18.0 Å². The monoisotopic (exact) mass is 461 g/mol. The van der Waals surface area contributed by atoms with E-state index in [9.17, 15) is 18.0 Å². The first-order valence-electron chi connectivity index (χ1n) is 9.12. The van der Waals surface area contributed by atoms with Crippen molar-refractivity contribution in [3.8, 4) is 0 Å². The van der Waals surface area contributed by atoms with E-state index in [-0.39, 0.29) is 11.4 Å². The Morgan fingerprint density at radius 2 is 1.42 bits per heavy atom. The largest absolute Gasteiger partial charge is 0.416 e. The number of anilines is 3. The summed E-state index contributed by atoms with van der Waals surface area (Å²) < 4.78 is 38.4. The molecule has 160 valence electrons. The molecular weight excluding hydrogens is 443 g/mol. The quantitative estimate of drug-likeness (QED) is 0.299. The lowest BCUT2D eigenvalue weighted by molar-refractivity contribution is -0.137. The zero-order valence-electron chi connectivity index (χ0n) is 16.1. The third-order valence-electron chi connectivity index (χ3n) is 3.97. The molecule has 1 amide bonds. The van der Waals surface area contributed by atoms with Gasteiger partial charge in [0.1, 0.15) is 0 Å². The maximum Gasteiger partial charge on any atom is 0.416 e. The number of amides is 1. The van der Waals surface area contributed by atoms with Crippen molar-refractivity contribution in [2.24, 2.45) is 0 Å². The number of carbonyl (C=O) groups is 1. The highest BCUT2D eigenvalue weighted by Gasteiger charge is 2.30. The van der Waals surface area contributed by atoms with Crippen LogP contribution in [-0.4, -0.2) is 16.8 Å². The van der Waals surface area contributed by atoms with Gasteiger partial charge in [0.15, 0.2) is 5.11 Å². The van der Waals surface area contributed by atoms with Crippen LogP contribution in [0.2, 0.25) is 0 Å². The molecule has 0 heterocycles. The van der Waals surface area contributed by atoms with Gasteiger partial charge >= 0.3 is 6.18 Å². The molecular formula is C22H18F3N3OS2. The van der Waals surface area contributed by atoms with Gasteiger partial charge in [-0.3, -0.25) is 4.79 Å². The molecule has 0 aliphatic heterocycles. The summed E-state index contributed by atoms with van der Waals surface area (Å²) in [5.74, 6) is -0.351. The summed E-state index contributed by atoms with van der Waals surface area (Å²) in [7, 11) is 0. The summed E-state index contributed by atoms with van der Waals surface area (Å²) in [4.78, 5) is 13.0. The van der Waals surface area contributed by atoms with Crippen LogP contribution in [0.5, 0.6) is 0 Å². The lowest BCUT2D eigenvalue weighted by atomic mass is 10.2. The molecule has 0 saturated carbocycles. The first-order valence-corrected chi connectivity index (χ1v) is 10.5. The van der Waals surface area contributed by atoms with Crippen molar-refractivity contribution in [2.75, 3.05) is 21.7 Å². The smallest absolute Gasteiger partial charge is 0.332 e. The Labute approximate surface area is 187 Å². The van der Waals surface area contributed by atoms with Gasteiger partial charge in [0.05, 0.1) is 11.3 Å². The molecule has 3 aromatic carbocycles. The SMILES string of the molecule is O=C(CSc1cccc(NC(=S)Nc2ccccc2)c1)Nc1cccc(C(F)(F)F)c1. The molecule has 0 aromatic heterocycles. The van der Waals surface area contributed by atoms with E-state index in [1.165, 1.54) is 23.9 Å². The minimum absolute atomic E-state index is 0.0480. The summed E-state index contributed by atoms with van der Waals surface area (Å²) >= 11 is 6.57. The topological polar surface area (TPSA) is 53.2 Å². The molecule has 0 fully saturated rings. The predicted octanol–water partition coefficient (Wildman–Crippen LogP) is 6.25. The van der Waals surface area contributed by atoms with Crippen LogP contribution in [-0.2, 0) is 11.0 Å². The molecule has 0 aliphatic rings. The Morgan fingerprint density at radius 1 is 0.806 bits per heavy atom. The second kappa shape index (κ2) is 10.3. The number of nitrogens with one attached hydrogen (secondary N) is 3. The van der Waals surface area contributed by atoms with E-state index in [0.717, 1.165) is 28.4 Å². The Hall–Kier alpha value is -3.04. The zero-order valence-corrected chi connectivity index (χ0v) is 17.7. The van der Waals surface area contributed by atoms with E-state index in [1.807, 2.05) is 54.6 Å². The Kier molecular flexibility index (Phi) is 7.54. The first-order chi connectivity index (χ1) is 14.8. The number of rotatable bonds is 6. The number of benzene rings is 3. The normalized spacial score (nSPS) is 10.9. The summed E-state index contributed by atoms with van der Waals surface area (Å²) in [6.07, 6.45) is -4.46. The van der Waals surface area contributed by atoms with Crippen molar-refractivity contribution in [3.05, 3.63) is 84.4 Å². The second-order valence-electron chi connectivity index (χ2n) is 6.39. The lowest BCUT2D eigenvalue weighted by Crippen LogP contribution is -2.19. The molecule has 3 rings (SSSR count). The molecule has 0 aliphatic carbocycles. The number of para-hydroxylation sites is 1. The van der Waals surface area contributed by atoms with Crippen LogP contribution in [0.25, 0.3) is 0 Å². The van der Waals surface area contributed by atoms with Crippen LogP contribution in [0.3, 0.4) is 0 Å². The summed E-state index contributed by atoms with van der Waals surface area (Å²) in [5.41, 5.74) is 0.901. The molecule has 0 atom stereocenters. The summed E-state index contributed by atoms with van der Waals surface area (Å²) in [6.45, 7) is 0. The molecule has 0 unspecified atom stereocenters. The van der Waals surface area contributed by atoms with Crippen molar-refractivity contribution in [1.82, 2.24) is 0 Å². The Morgan fingerprint density at radius 3 is 2.13 bits per heavy atom. The van der Waals surface area contributed by atoms with Gasteiger partial charge in [-0.25, -0.2) is 0 Å². The van der Waals surface area contributed by atoms with Gasteiger partial charge in [-0.2, -0.15) is 13.2 Å². The molecule has 31 heavy (non-hydrogen) atoms. The number of hydrogen-bond acceptors (Lipinski definition) is 3. The van der Waals surface area contributed by atoms with Crippen molar-refractivity contribution in [1.29, 1.82) is 0 Å². The van der Waals surface area contributed by atoms with E-state index < -0.39 is 17.6 Å². The second-order valence-corrected chi connectivity index (χ2v) is 7.85. The van der Waals surface area contributed by atoms with Gasteiger partial charge in [0.2, 0.25) is 5.91 Å². The van der Waals surface area contributed by atoms with Crippen molar-refractivity contribution >= 4 is 52.1 Å². The van der Waals surface area contributed by atoms with Gasteiger partial charge in [0.25, 0.3) is 0 Å². The van der Waals surface area contributed by atoms with Crippen LogP contribution in [0.15, 0.2) is 83.8 Å². The summed E-state index contributed by atoms with van der Waals surface area (Å²) in [6, 6.07) is 21.4. The third-order valence-corrected chi connectivity index (χ3v) is 5.17. The molecule has 0 saturated heterocycles. The van der Waals surface area contributed by atoms with Gasteiger partial charge in [0, 0.05) is 22.0 Å². The number of halogens is 3. The van der Waals surface area contributed by atoms with E-state index in [2.05, 4.69) is 16.0 Å². The fourth-order valence-corrected chi connectivity index (χ4v) is 3.59. The number of alkyl halides is 3. The molecule has 0 spiro atoms. The number of hydrogen-bond donors (Lipinski definition) is 3. The number of carbonyl (C=O) groups excluding carboxylic acids is 1. The van der Waals surface area contributed by atoms with Crippen LogP contribution in [0.4, 0.5) is 30.2 Å². The fourth-order valence-electron chi connectivity index (χ4n) is 2.60. The van der Waals surface area contributed by atoms with Crippen LogP contribution in [0.1, 0.15) is 5.56 Å². The van der Waals surface area contributed by atoms with Crippen molar-refractivity contribution in [3.63, 3.8) is 0 Å². The van der Waals surface area contributed by atoms with E-state index in [0.29, 0.717) is 5.11 Å². The Bertz CT molecular complexity index is 1060. The molecule has 0 radical (unpaired) electrons. The minimum atomic E-state index is -4.46. The van der Waals surface area contributed by atoms with Gasteiger partial charge in [-0.05, 0) is 60.7 Å². The molecule has 4 nitrogen and oxygen atoms in total. The van der Waals surface area contributed by atoms with Gasteiger partial charge in [-0.15, -0.1) is 11.8 Å². The maximum atomic E-state index is 12.8. The third kappa shape index (κ3) is 7.30. The lowest BCUT2D eigenvalue weighted by Gasteiger charge is -2.12. The standard InChI is InChI=1S/C22H18F3N3OS2/c23-22(24,25)15-6-4-9-17(12-15)26-20(29)14-31-19-11-5-10-18(13-19)28-21(30)27-16-7-2-1-3-8-16/h1-13H,14H2,(H,26,29)(H2,27,28,30). The molecule has 3 N–H and O–H groups in total.